The molecule has 1 amide bonds. The van der Waals surface area contributed by atoms with Gasteiger partial charge in [-0.1, -0.05) is 6.92 Å². The third-order valence-corrected chi connectivity index (χ3v) is 3.85. The van der Waals surface area contributed by atoms with Gasteiger partial charge in [-0.25, -0.2) is 4.79 Å². The van der Waals surface area contributed by atoms with E-state index in [4.69, 9.17) is 4.74 Å². The molecule has 0 saturated carbocycles. The van der Waals surface area contributed by atoms with E-state index in [1.54, 1.807) is 11.8 Å². The lowest BCUT2D eigenvalue weighted by atomic mass is 9.73. The Balaban J connectivity index is 2.56. The highest BCUT2D eigenvalue weighted by molar-refractivity contribution is 5.76. The molecule has 0 atom stereocenters. The van der Waals surface area contributed by atoms with Crippen LogP contribution in [0.25, 0.3) is 0 Å². The number of amides is 1. The van der Waals surface area contributed by atoms with E-state index in [-0.39, 0.29) is 17.3 Å². The highest BCUT2D eigenvalue weighted by atomic mass is 16.6. The predicted molar refractivity (Wildman–Crippen MR) is 75.1 cm³/mol. The van der Waals surface area contributed by atoms with E-state index >= 15 is 0 Å². The highest BCUT2D eigenvalue weighted by Gasteiger charge is 2.36. The number of hydrogen-bond acceptors (Lipinski definition) is 3. The standard InChI is InChI=1S/C15H27NO3/c1-6-15(11-12(2)17)7-9-16(10-8-15)13(18)19-14(3,4)5/h6-11H2,1-5H3. The van der Waals surface area contributed by atoms with Crippen molar-refractivity contribution in [1.29, 1.82) is 0 Å². The van der Waals surface area contributed by atoms with Crippen LogP contribution < -0.4 is 0 Å². The van der Waals surface area contributed by atoms with Crippen molar-refractivity contribution in [1.82, 2.24) is 4.90 Å². The first-order valence-electron chi connectivity index (χ1n) is 7.15. The molecule has 4 nitrogen and oxygen atoms in total. The van der Waals surface area contributed by atoms with Crippen LogP contribution in [0, 0.1) is 5.41 Å². The number of hydrogen-bond donors (Lipinski definition) is 0. The van der Waals surface area contributed by atoms with Crippen LogP contribution in [0.3, 0.4) is 0 Å². The Hall–Kier alpha value is -1.06. The molecule has 1 saturated heterocycles. The van der Waals surface area contributed by atoms with Crippen molar-refractivity contribution >= 4 is 11.9 Å². The third-order valence-electron chi connectivity index (χ3n) is 3.85. The van der Waals surface area contributed by atoms with E-state index < -0.39 is 5.60 Å². The summed E-state index contributed by atoms with van der Waals surface area (Å²) >= 11 is 0. The second kappa shape index (κ2) is 5.93. The summed E-state index contributed by atoms with van der Waals surface area (Å²) < 4.78 is 5.38. The molecule has 4 heteroatoms. The van der Waals surface area contributed by atoms with Gasteiger partial charge < -0.3 is 14.4 Å². The molecule has 0 aliphatic carbocycles. The van der Waals surface area contributed by atoms with Gasteiger partial charge in [0.2, 0.25) is 0 Å². The molecule has 0 aromatic rings. The highest BCUT2D eigenvalue weighted by Crippen LogP contribution is 2.38. The summed E-state index contributed by atoms with van der Waals surface area (Å²) in [6.45, 7) is 10.8. The van der Waals surface area contributed by atoms with Crippen molar-refractivity contribution in [2.45, 2.75) is 65.9 Å². The Morgan fingerprint density at radius 2 is 1.74 bits per heavy atom. The molecular formula is C15H27NO3. The van der Waals surface area contributed by atoms with Gasteiger partial charge in [0.1, 0.15) is 11.4 Å². The van der Waals surface area contributed by atoms with Crippen molar-refractivity contribution in [3.05, 3.63) is 0 Å². The zero-order chi connectivity index (χ0) is 14.7. The molecule has 0 radical (unpaired) electrons. The average Bonchev–Trinajstić information content (AvgIpc) is 2.26. The third kappa shape index (κ3) is 4.84. The molecule has 1 heterocycles. The Kier molecular flexibility index (Phi) is 4.99. The summed E-state index contributed by atoms with van der Waals surface area (Å²) in [5, 5.41) is 0. The number of rotatable bonds is 3. The molecule has 0 unspecified atom stereocenters. The van der Waals surface area contributed by atoms with Crippen molar-refractivity contribution < 1.29 is 14.3 Å². The summed E-state index contributed by atoms with van der Waals surface area (Å²) in [6.07, 6.45) is 3.17. The predicted octanol–water partition coefficient (Wildman–Crippen LogP) is 3.39. The number of ketones is 1. The van der Waals surface area contributed by atoms with Gasteiger partial charge in [0, 0.05) is 19.5 Å². The fourth-order valence-corrected chi connectivity index (χ4v) is 2.67. The fourth-order valence-electron chi connectivity index (χ4n) is 2.67. The number of piperidine rings is 1. The Morgan fingerprint density at radius 1 is 1.21 bits per heavy atom. The lowest BCUT2D eigenvalue weighted by Crippen LogP contribution is -2.45. The Morgan fingerprint density at radius 3 is 2.11 bits per heavy atom. The summed E-state index contributed by atoms with van der Waals surface area (Å²) in [5.41, 5.74) is -0.361. The van der Waals surface area contributed by atoms with Gasteiger partial charge in [0.15, 0.2) is 0 Å². The number of Topliss-reactive ketones (excluding diaryl/α,β-unsaturated/α-hetero) is 1. The minimum Gasteiger partial charge on any atom is -0.444 e. The molecule has 0 aromatic heterocycles. The van der Waals surface area contributed by atoms with Crippen LogP contribution in [0.2, 0.25) is 0 Å². The second-order valence-electron chi connectivity index (χ2n) is 6.70. The molecule has 19 heavy (non-hydrogen) atoms. The molecule has 1 aliphatic heterocycles. The lowest BCUT2D eigenvalue weighted by Gasteiger charge is -2.41. The molecule has 0 aromatic carbocycles. The van der Waals surface area contributed by atoms with Crippen molar-refractivity contribution in [2.75, 3.05) is 13.1 Å². The molecule has 0 bridgehead atoms. The summed E-state index contributed by atoms with van der Waals surface area (Å²) in [7, 11) is 0. The number of carbonyl (C=O) groups is 2. The van der Waals surface area contributed by atoms with E-state index in [0.29, 0.717) is 19.5 Å². The van der Waals surface area contributed by atoms with E-state index in [1.165, 1.54) is 0 Å². The van der Waals surface area contributed by atoms with Gasteiger partial charge in [-0.15, -0.1) is 0 Å². The van der Waals surface area contributed by atoms with Crippen molar-refractivity contribution in [3.8, 4) is 0 Å². The molecule has 1 aliphatic rings. The maximum absolute atomic E-state index is 12.0. The van der Waals surface area contributed by atoms with E-state index in [0.717, 1.165) is 19.3 Å². The zero-order valence-electron chi connectivity index (χ0n) is 12.9. The van der Waals surface area contributed by atoms with Crippen LogP contribution in [-0.2, 0) is 9.53 Å². The van der Waals surface area contributed by atoms with Crippen LogP contribution in [0.5, 0.6) is 0 Å². The largest absolute Gasteiger partial charge is 0.444 e. The first-order chi connectivity index (χ1) is 8.67. The summed E-state index contributed by atoms with van der Waals surface area (Å²) in [5.74, 6) is 0.243. The van der Waals surface area contributed by atoms with Gasteiger partial charge in [-0.2, -0.15) is 0 Å². The molecule has 110 valence electrons. The Bertz CT molecular complexity index is 336. The van der Waals surface area contributed by atoms with Gasteiger partial charge in [0.25, 0.3) is 0 Å². The summed E-state index contributed by atoms with van der Waals surface area (Å²) in [4.78, 5) is 25.1. The minimum atomic E-state index is -0.449. The molecular weight excluding hydrogens is 242 g/mol. The number of carbonyl (C=O) groups excluding carboxylic acids is 2. The van der Waals surface area contributed by atoms with Crippen LogP contribution in [-0.4, -0.2) is 35.5 Å². The fraction of sp³-hybridized carbons (Fsp3) is 0.867. The maximum Gasteiger partial charge on any atom is 0.410 e. The number of ether oxygens (including phenoxy) is 1. The molecule has 1 rings (SSSR count). The normalized spacial score (nSPS) is 19.1. The number of nitrogens with zero attached hydrogens (tertiary/aromatic N) is 1. The summed E-state index contributed by atoms with van der Waals surface area (Å²) in [6, 6.07) is 0. The minimum absolute atomic E-state index is 0.0876. The van der Waals surface area contributed by atoms with Gasteiger partial charge in [0.05, 0.1) is 0 Å². The lowest BCUT2D eigenvalue weighted by molar-refractivity contribution is -0.120. The Labute approximate surface area is 116 Å². The molecule has 0 N–H and O–H groups in total. The monoisotopic (exact) mass is 269 g/mol. The first-order valence-corrected chi connectivity index (χ1v) is 7.15. The second-order valence-corrected chi connectivity index (χ2v) is 6.70. The van der Waals surface area contributed by atoms with Gasteiger partial charge >= 0.3 is 6.09 Å². The molecule has 0 spiro atoms. The van der Waals surface area contributed by atoms with Crippen molar-refractivity contribution in [3.63, 3.8) is 0 Å². The molecule has 1 fully saturated rings. The van der Waals surface area contributed by atoms with Crippen LogP contribution in [0.15, 0.2) is 0 Å². The first kappa shape index (κ1) is 16.0. The van der Waals surface area contributed by atoms with Gasteiger partial charge in [-0.3, -0.25) is 0 Å². The number of likely N-dealkylation sites (tertiary alicyclic amines) is 1. The van der Waals surface area contributed by atoms with E-state index in [9.17, 15) is 9.59 Å². The van der Waals surface area contributed by atoms with Crippen molar-refractivity contribution in [2.24, 2.45) is 5.41 Å². The quantitative estimate of drug-likeness (QED) is 0.789. The van der Waals surface area contributed by atoms with E-state index in [2.05, 4.69) is 6.92 Å². The van der Waals surface area contributed by atoms with Crippen LogP contribution in [0.1, 0.15) is 60.3 Å². The smallest absolute Gasteiger partial charge is 0.410 e. The topological polar surface area (TPSA) is 46.6 Å². The average molecular weight is 269 g/mol. The zero-order valence-corrected chi connectivity index (χ0v) is 12.9. The SMILES string of the molecule is CCC1(CC(C)=O)CCN(C(=O)OC(C)(C)C)CC1. The van der Waals surface area contributed by atoms with E-state index in [1.807, 2.05) is 20.8 Å². The maximum atomic E-state index is 12.0. The van der Waals surface area contributed by atoms with Gasteiger partial charge in [-0.05, 0) is 52.4 Å². The van der Waals surface area contributed by atoms with Crippen LogP contribution >= 0.6 is 0 Å². The van der Waals surface area contributed by atoms with Crippen LogP contribution in [0.4, 0.5) is 4.79 Å².